The van der Waals surface area contributed by atoms with Crippen LogP contribution in [0.5, 0.6) is 0 Å². The van der Waals surface area contributed by atoms with Crippen LogP contribution in [-0.4, -0.2) is 29.0 Å². The molecule has 4 rings (SSSR count). The van der Waals surface area contributed by atoms with E-state index >= 15 is 0 Å². The lowest BCUT2D eigenvalue weighted by molar-refractivity contribution is 0.275. The number of hydrogen-bond donors (Lipinski definition) is 0. The molecule has 4 nitrogen and oxygen atoms in total. The Hall–Kier alpha value is -1.88. The molecular weight excluding hydrogens is 294 g/mol. The van der Waals surface area contributed by atoms with Crippen LogP contribution < -0.4 is 4.90 Å². The van der Waals surface area contributed by atoms with Crippen molar-refractivity contribution in [2.24, 2.45) is 4.99 Å². The Labute approximate surface area is 135 Å². The zero-order valence-electron chi connectivity index (χ0n) is 13.9. The first kappa shape index (κ1) is 12.6. The van der Waals surface area contributed by atoms with E-state index in [4.69, 9.17) is 6.11 Å². The van der Waals surface area contributed by atoms with Gasteiger partial charge in [-0.1, -0.05) is 18.2 Å². The molecule has 114 valence electrons. The first-order valence-corrected chi connectivity index (χ1v) is 8.29. The van der Waals surface area contributed by atoms with E-state index in [0.717, 1.165) is 16.4 Å². The summed E-state index contributed by atoms with van der Waals surface area (Å²) >= 11 is 1.60. The predicted octanol–water partition coefficient (Wildman–Crippen LogP) is 3.59. The van der Waals surface area contributed by atoms with Gasteiger partial charge >= 0.3 is 0 Å². The zero-order chi connectivity index (χ0) is 16.2. The number of thiazole rings is 1. The summed E-state index contributed by atoms with van der Waals surface area (Å²) in [5.74, 6) is 0.504. The topological polar surface area (TPSA) is 37.5 Å². The van der Waals surface area contributed by atoms with Gasteiger partial charge in [-0.25, -0.2) is 9.98 Å². The van der Waals surface area contributed by atoms with Gasteiger partial charge in [-0.2, -0.15) is 0 Å². The molecule has 2 aromatic rings. The minimum absolute atomic E-state index is 0.142. The third-order valence-corrected chi connectivity index (χ3v) is 4.81. The lowest BCUT2D eigenvalue weighted by atomic mass is 10.1. The maximum absolute atomic E-state index is 9.05. The molecule has 0 aliphatic carbocycles. The quantitative estimate of drug-likeness (QED) is 0.813. The first-order chi connectivity index (χ1) is 10.9. The highest BCUT2D eigenvalue weighted by Gasteiger charge is 2.56. The Bertz CT molecular complexity index is 773. The zero-order valence-corrected chi connectivity index (χ0v) is 13.7. The molecule has 0 radical (unpaired) electrons. The standard InChI is InChI=1S/C17H19N3OS/c1-11-9-22-16(18-11)14-13(15-19-17(2,3)10-21-15)20(14)12-7-5-4-6-8-12/h4-9,13-14H,10H2,1-3H3/t13?,14-,20?/m1/s1/i13D. The lowest BCUT2D eigenvalue weighted by Crippen LogP contribution is -2.17. The Morgan fingerprint density at radius 3 is 2.73 bits per heavy atom. The fourth-order valence-corrected chi connectivity index (χ4v) is 3.62. The second-order valence-corrected chi connectivity index (χ2v) is 7.23. The van der Waals surface area contributed by atoms with Crippen molar-refractivity contribution >= 4 is 22.9 Å². The van der Waals surface area contributed by atoms with Gasteiger partial charge in [0.25, 0.3) is 0 Å². The highest BCUT2D eigenvalue weighted by atomic mass is 32.1. The average Bonchev–Trinajstić information content (AvgIpc) is 2.81. The van der Waals surface area contributed by atoms with Crippen molar-refractivity contribution in [3.63, 3.8) is 0 Å². The van der Waals surface area contributed by atoms with Crippen molar-refractivity contribution in [3.8, 4) is 0 Å². The average molecular weight is 314 g/mol. The molecule has 1 saturated heterocycles. The number of aromatic nitrogens is 1. The molecule has 2 aliphatic rings. The number of anilines is 1. The number of para-hydroxylation sites is 1. The third kappa shape index (κ3) is 2.29. The molecule has 1 fully saturated rings. The van der Waals surface area contributed by atoms with Crippen LogP contribution in [0.25, 0.3) is 0 Å². The molecule has 2 atom stereocenters. The second-order valence-electron chi connectivity index (χ2n) is 6.34. The van der Waals surface area contributed by atoms with Crippen molar-refractivity contribution in [2.45, 2.75) is 38.4 Å². The molecular formula is C17H19N3OS. The fourth-order valence-electron chi connectivity index (χ4n) is 2.73. The molecule has 1 unspecified atom stereocenters. The van der Waals surface area contributed by atoms with Gasteiger partial charge in [0.2, 0.25) is 5.90 Å². The van der Waals surface area contributed by atoms with Crippen molar-refractivity contribution in [2.75, 3.05) is 11.5 Å². The van der Waals surface area contributed by atoms with Crippen LogP contribution in [-0.2, 0) is 4.74 Å². The fraction of sp³-hybridized carbons (Fsp3) is 0.412. The number of ether oxygens (including phenoxy) is 1. The Kier molecular flexibility index (Phi) is 2.77. The summed E-state index contributed by atoms with van der Waals surface area (Å²) in [6.45, 7) is 6.56. The molecule has 0 bridgehead atoms. The van der Waals surface area contributed by atoms with Gasteiger partial charge in [-0.3, -0.25) is 0 Å². The molecule has 3 heterocycles. The normalized spacial score (nSPS) is 29.8. The van der Waals surface area contributed by atoms with Gasteiger partial charge in [-0.15, -0.1) is 11.3 Å². The molecule has 0 saturated carbocycles. The first-order valence-electron chi connectivity index (χ1n) is 7.91. The number of aliphatic imine (C=N–C) groups is 1. The van der Waals surface area contributed by atoms with Gasteiger partial charge in [0.05, 0.1) is 6.91 Å². The van der Waals surface area contributed by atoms with Crippen LogP contribution in [0.4, 0.5) is 5.69 Å². The van der Waals surface area contributed by atoms with E-state index in [9.17, 15) is 0 Å². The highest BCUT2D eigenvalue weighted by molar-refractivity contribution is 7.09. The summed E-state index contributed by atoms with van der Waals surface area (Å²) in [5, 5.41) is 2.97. The maximum atomic E-state index is 9.05. The van der Waals surface area contributed by atoms with E-state index < -0.39 is 6.02 Å². The number of hydrogen-bond acceptors (Lipinski definition) is 5. The predicted molar refractivity (Wildman–Crippen MR) is 89.8 cm³/mol. The number of benzene rings is 1. The Balaban J connectivity index is 1.77. The molecule has 1 aromatic carbocycles. The third-order valence-electron chi connectivity index (χ3n) is 3.80. The van der Waals surface area contributed by atoms with Gasteiger partial charge < -0.3 is 9.64 Å². The van der Waals surface area contributed by atoms with Crippen LogP contribution in [0.2, 0.25) is 0 Å². The summed E-state index contributed by atoms with van der Waals surface area (Å²) in [7, 11) is 0. The van der Waals surface area contributed by atoms with Crippen LogP contribution in [0.1, 0.15) is 32.0 Å². The molecule has 0 N–H and O–H groups in total. The summed E-state index contributed by atoms with van der Waals surface area (Å²) in [4.78, 5) is 11.3. The Morgan fingerprint density at radius 2 is 2.14 bits per heavy atom. The van der Waals surface area contributed by atoms with Gasteiger partial charge in [0.15, 0.2) is 0 Å². The van der Waals surface area contributed by atoms with Gasteiger partial charge in [0, 0.05) is 16.8 Å². The van der Waals surface area contributed by atoms with Crippen molar-refractivity contribution < 1.29 is 6.11 Å². The second kappa shape index (κ2) is 4.81. The van der Waals surface area contributed by atoms with Crippen LogP contribution in [0.15, 0.2) is 40.7 Å². The van der Waals surface area contributed by atoms with E-state index in [1.165, 1.54) is 0 Å². The molecule has 22 heavy (non-hydrogen) atoms. The SMILES string of the molecule is [2H]C1(C2=NC(C)(C)CO2)[C@H](c2nc(C)cs2)N1c1ccccc1. The molecule has 5 heteroatoms. The van der Waals surface area contributed by atoms with Crippen LogP contribution in [0.3, 0.4) is 0 Å². The minimum atomic E-state index is -1.00. The molecule has 0 spiro atoms. The van der Waals surface area contributed by atoms with E-state index in [2.05, 4.69) is 9.98 Å². The van der Waals surface area contributed by atoms with E-state index in [1.54, 1.807) is 11.3 Å². The number of nitrogens with zero attached hydrogens (tertiary/aromatic N) is 3. The Morgan fingerprint density at radius 1 is 1.36 bits per heavy atom. The van der Waals surface area contributed by atoms with Gasteiger partial charge in [0.1, 0.15) is 23.7 Å². The lowest BCUT2D eigenvalue weighted by Gasteiger charge is -2.07. The van der Waals surface area contributed by atoms with Crippen molar-refractivity contribution in [1.82, 2.24) is 4.98 Å². The minimum Gasteiger partial charge on any atom is -0.477 e. The van der Waals surface area contributed by atoms with Crippen LogP contribution >= 0.6 is 11.3 Å². The van der Waals surface area contributed by atoms with Crippen molar-refractivity contribution in [1.29, 1.82) is 0 Å². The highest BCUT2D eigenvalue weighted by Crippen LogP contribution is 2.49. The molecule has 1 aromatic heterocycles. The summed E-state index contributed by atoms with van der Waals surface area (Å²) in [5.41, 5.74) is 1.72. The number of aryl methyl sites for hydroxylation is 1. The summed E-state index contributed by atoms with van der Waals surface area (Å²) < 4.78 is 14.9. The smallest absolute Gasteiger partial charge is 0.210 e. The van der Waals surface area contributed by atoms with Gasteiger partial charge in [-0.05, 0) is 32.9 Å². The summed E-state index contributed by atoms with van der Waals surface area (Å²) in [6, 6.07) is 8.84. The van der Waals surface area contributed by atoms with Crippen molar-refractivity contribution in [3.05, 3.63) is 46.4 Å². The summed E-state index contributed by atoms with van der Waals surface area (Å²) in [6.07, 6.45) is 0. The molecule has 2 aliphatic heterocycles. The monoisotopic (exact) mass is 314 g/mol. The largest absolute Gasteiger partial charge is 0.477 e. The van der Waals surface area contributed by atoms with Crippen LogP contribution in [0, 0.1) is 6.92 Å². The maximum Gasteiger partial charge on any atom is 0.210 e. The number of rotatable bonds is 3. The van der Waals surface area contributed by atoms with E-state index in [-0.39, 0.29) is 11.6 Å². The molecule has 0 amide bonds. The van der Waals surface area contributed by atoms with E-state index in [1.807, 2.05) is 61.4 Å². The van der Waals surface area contributed by atoms with E-state index in [0.29, 0.717) is 12.5 Å².